The van der Waals surface area contributed by atoms with Crippen LogP contribution in [0.3, 0.4) is 0 Å². The Morgan fingerprint density at radius 1 is 1.19 bits per heavy atom. The minimum absolute atomic E-state index is 0. The summed E-state index contributed by atoms with van der Waals surface area (Å²) in [6.07, 6.45) is -3.35. The van der Waals surface area contributed by atoms with Crippen LogP contribution in [0.25, 0.3) is 0 Å². The lowest BCUT2D eigenvalue weighted by Crippen LogP contribution is -2.45. The SMILES string of the molecule is CCNC(=NCC1CCN(CC(F)(F)F)C1)NCCN(C(C)C)C(C)C.I. The molecule has 0 spiro atoms. The molecule has 2 N–H and O–H groups in total. The van der Waals surface area contributed by atoms with Crippen LogP contribution in [0.1, 0.15) is 41.0 Å². The van der Waals surface area contributed by atoms with Gasteiger partial charge in [0.25, 0.3) is 0 Å². The van der Waals surface area contributed by atoms with E-state index in [1.54, 1.807) is 0 Å². The van der Waals surface area contributed by atoms with Gasteiger partial charge in [-0.3, -0.25) is 14.8 Å². The summed E-state index contributed by atoms with van der Waals surface area (Å²) >= 11 is 0. The molecule has 0 saturated carbocycles. The van der Waals surface area contributed by atoms with Gasteiger partial charge in [-0.25, -0.2) is 0 Å². The molecule has 0 radical (unpaired) electrons. The van der Waals surface area contributed by atoms with Crippen LogP contribution in [0.2, 0.25) is 0 Å². The van der Waals surface area contributed by atoms with E-state index in [1.165, 1.54) is 4.90 Å². The summed E-state index contributed by atoms with van der Waals surface area (Å²) in [4.78, 5) is 8.46. The average molecular weight is 507 g/mol. The summed E-state index contributed by atoms with van der Waals surface area (Å²) < 4.78 is 37.4. The number of nitrogens with zero attached hydrogens (tertiary/aromatic N) is 3. The molecule has 0 aromatic heterocycles. The van der Waals surface area contributed by atoms with Gasteiger partial charge in [0.15, 0.2) is 5.96 Å². The predicted octanol–water partition coefficient (Wildman–Crippen LogP) is 3.16. The van der Waals surface area contributed by atoms with E-state index in [2.05, 4.69) is 48.2 Å². The van der Waals surface area contributed by atoms with Gasteiger partial charge in [-0.2, -0.15) is 13.2 Å². The van der Waals surface area contributed by atoms with E-state index in [1.807, 2.05) is 6.92 Å². The molecule has 1 rings (SSSR count). The van der Waals surface area contributed by atoms with Gasteiger partial charge in [0, 0.05) is 44.8 Å². The Bertz CT molecular complexity index is 422. The number of likely N-dealkylation sites (tertiary alicyclic amines) is 1. The molecule has 9 heteroatoms. The van der Waals surface area contributed by atoms with Crippen LogP contribution in [0, 0.1) is 5.92 Å². The molecular weight excluding hydrogens is 470 g/mol. The monoisotopic (exact) mass is 507 g/mol. The number of alkyl halides is 3. The van der Waals surface area contributed by atoms with Crippen molar-refractivity contribution in [1.82, 2.24) is 20.4 Å². The van der Waals surface area contributed by atoms with Crippen molar-refractivity contribution in [3.63, 3.8) is 0 Å². The van der Waals surface area contributed by atoms with E-state index in [4.69, 9.17) is 0 Å². The van der Waals surface area contributed by atoms with E-state index < -0.39 is 12.7 Å². The molecule has 162 valence electrons. The Kier molecular flexibility index (Phi) is 12.9. The van der Waals surface area contributed by atoms with Crippen molar-refractivity contribution in [2.75, 3.05) is 45.8 Å². The number of nitrogens with one attached hydrogen (secondary N) is 2. The molecule has 1 saturated heterocycles. The molecule has 0 aromatic carbocycles. The van der Waals surface area contributed by atoms with Crippen LogP contribution in [-0.2, 0) is 0 Å². The number of guanidine groups is 1. The Balaban J connectivity index is 0.00000676. The van der Waals surface area contributed by atoms with E-state index >= 15 is 0 Å². The number of hydrogen-bond acceptors (Lipinski definition) is 3. The van der Waals surface area contributed by atoms with Crippen LogP contribution in [0.5, 0.6) is 0 Å². The van der Waals surface area contributed by atoms with Crippen LogP contribution >= 0.6 is 24.0 Å². The number of hydrogen-bond donors (Lipinski definition) is 2. The van der Waals surface area contributed by atoms with Gasteiger partial charge >= 0.3 is 6.18 Å². The Labute approximate surface area is 179 Å². The van der Waals surface area contributed by atoms with Crippen LogP contribution < -0.4 is 10.6 Å². The molecule has 1 aliphatic heterocycles. The largest absolute Gasteiger partial charge is 0.401 e. The maximum atomic E-state index is 12.5. The lowest BCUT2D eigenvalue weighted by Gasteiger charge is -2.30. The van der Waals surface area contributed by atoms with Gasteiger partial charge < -0.3 is 10.6 Å². The molecule has 1 unspecified atom stereocenters. The highest BCUT2D eigenvalue weighted by Crippen LogP contribution is 2.22. The second-order valence-corrected chi connectivity index (χ2v) is 7.58. The smallest absolute Gasteiger partial charge is 0.357 e. The number of halogens is 4. The molecular formula is C18H37F3IN5. The number of rotatable bonds is 9. The lowest BCUT2D eigenvalue weighted by atomic mass is 10.1. The van der Waals surface area contributed by atoms with E-state index in [-0.39, 0.29) is 29.9 Å². The minimum Gasteiger partial charge on any atom is -0.357 e. The Morgan fingerprint density at radius 3 is 2.33 bits per heavy atom. The molecule has 1 aliphatic rings. The number of aliphatic imine (C=N–C) groups is 1. The molecule has 27 heavy (non-hydrogen) atoms. The normalized spacial score (nSPS) is 19.1. The topological polar surface area (TPSA) is 42.9 Å². The summed E-state index contributed by atoms with van der Waals surface area (Å²) in [5, 5.41) is 6.55. The first-order valence-electron chi connectivity index (χ1n) is 9.69. The first-order valence-corrected chi connectivity index (χ1v) is 9.69. The molecule has 1 fully saturated rings. The molecule has 0 aliphatic carbocycles. The second-order valence-electron chi connectivity index (χ2n) is 7.58. The summed E-state index contributed by atoms with van der Waals surface area (Å²) in [6, 6.07) is 0.962. The highest BCUT2D eigenvalue weighted by atomic mass is 127. The Hall–Kier alpha value is -0.290. The molecule has 1 atom stereocenters. The molecule has 0 amide bonds. The summed E-state index contributed by atoms with van der Waals surface area (Å²) in [5.41, 5.74) is 0. The van der Waals surface area contributed by atoms with Gasteiger partial charge in [0.05, 0.1) is 6.54 Å². The fraction of sp³-hybridized carbons (Fsp3) is 0.944. The summed E-state index contributed by atoms with van der Waals surface area (Å²) in [5.74, 6) is 0.935. The van der Waals surface area contributed by atoms with Gasteiger partial charge in [0.2, 0.25) is 0 Å². The quantitative estimate of drug-likeness (QED) is 0.286. The van der Waals surface area contributed by atoms with Crippen LogP contribution in [-0.4, -0.2) is 79.8 Å². The maximum absolute atomic E-state index is 12.5. The minimum atomic E-state index is -4.12. The third-order valence-electron chi connectivity index (χ3n) is 4.61. The lowest BCUT2D eigenvalue weighted by molar-refractivity contribution is -0.143. The van der Waals surface area contributed by atoms with Gasteiger partial charge in [-0.1, -0.05) is 0 Å². The summed E-state index contributed by atoms with van der Waals surface area (Å²) in [7, 11) is 0. The van der Waals surface area contributed by atoms with Gasteiger partial charge in [-0.05, 0) is 53.5 Å². The fourth-order valence-electron chi connectivity index (χ4n) is 3.44. The van der Waals surface area contributed by atoms with Crippen molar-refractivity contribution in [3.05, 3.63) is 0 Å². The second kappa shape index (κ2) is 13.0. The van der Waals surface area contributed by atoms with Crippen molar-refractivity contribution in [1.29, 1.82) is 0 Å². The molecule has 1 heterocycles. The fourth-order valence-corrected chi connectivity index (χ4v) is 3.44. The van der Waals surface area contributed by atoms with Crippen molar-refractivity contribution in [2.45, 2.75) is 59.3 Å². The van der Waals surface area contributed by atoms with E-state index in [9.17, 15) is 13.2 Å². The zero-order valence-corrected chi connectivity index (χ0v) is 19.6. The van der Waals surface area contributed by atoms with E-state index in [0.717, 1.165) is 32.0 Å². The van der Waals surface area contributed by atoms with Crippen LogP contribution in [0.15, 0.2) is 4.99 Å². The van der Waals surface area contributed by atoms with Crippen molar-refractivity contribution < 1.29 is 13.2 Å². The zero-order valence-electron chi connectivity index (χ0n) is 17.3. The maximum Gasteiger partial charge on any atom is 0.401 e. The first-order chi connectivity index (χ1) is 12.1. The van der Waals surface area contributed by atoms with Gasteiger partial charge in [0.1, 0.15) is 0 Å². The van der Waals surface area contributed by atoms with Crippen molar-refractivity contribution >= 4 is 29.9 Å². The van der Waals surface area contributed by atoms with Crippen molar-refractivity contribution in [3.8, 4) is 0 Å². The molecule has 0 bridgehead atoms. The Morgan fingerprint density at radius 2 is 1.81 bits per heavy atom. The third kappa shape index (κ3) is 11.3. The highest BCUT2D eigenvalue weighted by Gasteiger charge is 2.34. The van der Waals surface area contributed by atoms with Crippen LogP contribution in [0.4, 0.5) is 13.2 Å². The molecule has 0 aromatic rings. The zero-order chi connectivity index (χ0) is 19.7. The van der Waals surface area contributed by atoms with Gasteiger partial charge in [-0.15, -0.1) is 24.0 Å². The van der Waals surface area contributed by atoms with E-state index in [0.29, 0.717) is 31.7 Å². The average Bonchev–Trinajstić information content (AvgIpc) is 2.93. The first kappa shape index (κ1) is 26.7. The predicted molar refractivity (Wildman–Crippen MR) is 117 cm³/mol. The third-order valence-corrected chi connectivity index (χ3v) is 4.61. The van der Waals surface area contributed by atoms with Crippen molar-refractivity contribution in [2.24, 2.45) is 10.9 Å². The summed E-state index contributed by atoms with van der Waals surface area (Å²) in [6.45, 7) is 13.9. The standard InChI is InChI=1S/C18H36F3N5.HI/c1-6-22-17(23-8-10-26(14(2)3)15(4)5)24-11-16-7-9-25(12-16)13-18(19,20)21;/h14-16H,6-13H2,1-5H3,(H2,22,23,24);1H. The highest BCUT2D eigenvalue weighted by molar-refractivity contribution is 14.0. The molecule has 5 nitrogen and oxygen atoms in total.